The van der Waals surface area contributed by atoms with Gasteiger partial charge in [-0.15, -0.1) is 0 Å². The Morgan fingerprint density at radius 3 is 2.61 bits per heavy atom. The highest BCUT2D eigenvalue weighted by Crippen LogP contribution is 2.29. The summed E-state index contributed by atoms with van der Waals surface area (Å²) in [6.07, 6.45) is 1.06. The van der Waals surface area contributed by atoms with Crippen LogP contribution < -0.4 is 15.4 Å². The van der Waals surface area contributed by atoms with Crippen molar-refractivity contribution in [1.29, 1.82) is 0 Å². The van der Waals surface area contributed by atoms with Gasteiger partial charge in [-0.2, -0.15) is 0 Å². The zero-order chi connectivity index (χ0) is 25.8. The number of thiocarbonyl (C=S) groups is 1. The number of halogens is 1. The Kier molecular flexibility index (Phi) is 7.91. The summed E-state index contributed by atoms with van der Waals surface area (Å²) in [5.41, 5.74) is 6.08. The van der Waals surface area contributed by atoms with Crippen LogP contribution >= 0.6 is 23.8 Å². The highest BCUT2D eigenvalue weighted by molar-refractivity contribution is 7.80. The van der Waals surface area contributed by atoms with E-state index in [1.165, 1.54) is 5.56 Å². The molecule has 186 valence electrons. The summed E-state index contributed by atoms with van der Waals surface area (Å²) in [6, 6.07) is 17.2. The van der Waals surface area contributed by atoms with Gasteiger partial charge in [0.1, 0.15) is 11.3 Å². The zero-order valence-electron chi connectivity index (χ0n) is 20.6. The number of benzene rings is 3. The maximum atomic E-state index is 12.3. The van der Waals surface area contributed by atoms with E-state index in [4.69, 9.17) is 33.0 Å². The first-order valence-electron chi connectivity index (χ1n) is 11.7. The van der Waals surface area contributed by atoms with Gasteiger partial charge in [0.2, 0.25) is 5.89 Å². The standard InChI is InChI=1S/C28H28ClN3O3S/c1-5-16(2)19-9-10-24-23(14-19)31-27(35-24)20-7-6-8-21(13-20)30-28(36)32-25(33)15-34-22-11-17(3)26(29)18(4)12-22/h6-14,16H,5,15H2,1-4H3,(H2,30,32,33,36). The minimum Gasteiger partial charge on any atom is -0.484 e. The fourth-order valence-electron chi connectivity index (χ4n) is 3.80. The Morgan fingerprint density at radius 1 is 1.14 bits per heavy atom. The molecule has 1 amide bonds. The molecule has 0 aliphatic carbocycles. The normalized spacial score (nSPS) is 11.8. The van der Waals surface area contributed by atoms with Gasteiger partial charge in [-0.05, 0) is 97.6 Å². The van der Waals surface area contributed by atoms with Crippen LogP contribution in [0.25, 0.3) is 22.6 Å². The molecule has 4 aromatic rings. The molecule has 0 spiro atoms. The van der Waals surface area contributed by atoms with Gasteiger partial charge in [0, 0.05) is 16.3 Å². The van der Waals surface area contributed by atoms with Crippen LogP contribution in [0.5, 0.6) is 5.75 Å². The van der Waals surface area contributed by atoms with Crippen molar-refractivity contribution in [2.45, 2.75) is 40.0 Å². The van der Waals surface area contributed by atoms with E-state index in [2.05, 4.69) is 41.6 Å². The van der Waals surface area contributed by atoms with Crippen molar-refractivity contribution >= 4 is 51.6 Å². The van der Waals surface area contributed by atoms with Crippen molar-refractivity contribution in [2.24, 2.45) is 0 Å². The Morgan fingerprint density at radius 2 is 1.89 bits per heavy atom. The van der Waals surface area contributed by atoms with E-state index in [1.54, 1.807) is 12.1 Å². The number of hydrogen-bond acceptors (Lipinski definition) is 5. The molecule has 1 atom stereocenters. The lowest BCUT2D eigenvalue weighted by molar-refractivity contribution is -0.121. The molecule has 36 heavy (non-hydrogen) atoms. The number of aromatic nitrogens is 1. The second-order valence-corrected chi connectivity index (χ2v) is 9.58. The summed E-state index contributed by atoms with van der Waals surface area (Å²) in [6.45, 7) is 7.97. The smallest absolute Gasteiger partial charge is 0.264 e. The number of nitrogens with zero attached hydrogens (tertiary/aromatic N) is 1. The SMILES string of the molecule is CCC(C)c1ccc2oc(-c3cccc(NC(=S)NC(=O)COc4cc(C)c(Cl)c(C)c4)c3)nc2c1. The number of carbonyl (C=O) groups is 1. The minimum atomic E-state index is -0.370. The summed E-state index contributed by atoms with van der Waals surface area (Å²) < 4.78 is 11.6. The summed E-state index contributed by atoms with van der Waals surface area (Å²) in [7, 11) is 0. The molecule has 6 nitrogen and oxygen atoms in total. The topological polar surface area (TPSA) is 76.4 Å². The summed E-state index contributed by atoms with van der Waals surface area (Å²) in [5.74, 6) is 1.19. The van der Waals surface area contributed by atoms with Crippen LogP contribution in [0, 0.1) is 13.8 Å². The van der Waals surface area contributed by atoms with Crippen LogP contribution in [0.3, 0.4) is 0 Å². The minimum absolute atomic E-state index is 0.167. The predicted molar refractivity (Wildman–Crippen MR) is 149 cm³/mol. The molecule has 4 rings (SSSR count). The number of amides is 1. The molecule has 1 heterocycles. The zero-order valence-corrected chi connectivity index (χ0v) is 22.2. The number of aryl methyl sites for hydroxylation is 2. The van der Waals surface area contributed by atoms with E-state index in [1.807, 2.05) is 44.2 Å². The Hall–Kier alpha value is -3.42. The quantitative estimate of drug-likeness (QED) is 0.251. The van der Waals surface area contributed by atoms with E-state index < -0.39 is 0 Å². The van der Waals surface area contributed by atoms with E-state index >= 15 is 0 Å². The second kappa shape index (κ2) is 11.1. The van der Waals surface area contributed by atoms with Crippen molar-refractivity contribution in [3.8, 4) is 17.2 Å². The fourth-order valence-corrected chi connectivity index (χ4v) is 4.14. The van der Waals surface area contributed by atoms with Crippen LogP contribution in [0.1, 0.15) is 42.9 Å². The lowest BCUT2D eigenvalue weighted by Crippen LogP contribution is -2.37. The van der Waals surface area contributed by atoms with E-state index in [0.717, 1.165) is 34.2 Å². The Bertz CT molecular complexity index is 1410. The van der Waals surface area contributed by atoms with Gasteiger partial charge in [-0.3, -0.25) is 10.1 Å². The van der Waals surface area contributed by atoms with Gasteiger partial charge >= 0.3 is 0 Å². The van der Waals surface area contributed by atoms with E-state index in [-0.39, 0.29) is 17.6 Å². The van der Waals surface area contributed by atoms with Crippen LogP contribution in [-0.4, -0.2) is 22.6 Å². The number of ether oxygens (including phenoxy) is 1. The fraction of sp³-hybridized carbons (Fsp3) is 0.250. The molecular weight excluding hydrogens is 494 g/mol. The molecule has 0 saturated carbocycles. The summed E-state index contributed by atoms with van der Waals surface area (Å²) in [4.78, 5) is 17.0. The van der Waals surface area contributed by atoms with Gasteiger partial charge in [0.05, 0.1) is 0 Å². The largest absolute Gasteiger partial charge is 0.484 e. The van der Waals surface area contributed by atoms with Gasteiger partial charge in [0.25, 0.3) is 5.91 Å². The maximum Gasteiger partial charge on any atom is 0.264 e. The van der Waals surface area contributed by atoms with Crippen molar-refractivity contribution in [3.63, 3.8) is 0 Å². The average molecular weight is 522 g/mol. The van der Waals surface area contributed by atoms with E-state index in [0.29, 0.717) is 28.3 Å². The highest BCUT2D eigenvalue weighted by atomic mass is 35.5. The molecule has 0 aliphatic heterocycles. The van der Waals surface area contributed by atoms with Gasteiger partial charge in [-0.25, -0.2) is 4.98 Å². The van der Waals surface area contributed by atoms with Gasteiger partial charge < -0.3 is 14.5 Å². The first-order valence-corrected chi connectivity index (χ1v) is 12.5. The second-order valence-electron chi connectivity index (χ2n) is 8.80. The molecule has 1 unspecified atom stereocenters. The van der Waals surface area contributed by atoms with E-state index in [9.17, 15) is 4.79 Å². The molecule has 0 radical (unpaired) electrons. The first kappa shape index (κ1) is 25.7. The third-order valence-corrected chi connectivity index (χ3v) is 6.79. The molecule has 2 N–H and O–H groups in total. The summed E-state index contributed by atoms with van der Waals surface area (Å²) in [5, 5.41) is 6.52. The third kappa shape index (κ3) is 6.04. The average Bonchev–Trinajstić information content (AvgIpc) is 3.29. The maximum absolute atomic E-state index is 12.3. The van der Waals surface area contributed by atoms with Crippen molar-refractivity contribution < 1.29 is 13.9 Å². The number of nitrogens with one attached hydrogen (secondary N) is 2. The Labute approximate surface area is 221 Å². The number of oxazole rings is 1. The van der Waals surface area contributed by atoms with Crippen LogP contribution in [-0.2, 0) is 4.79 Å². The van der Waals surface area contributed by atoms with Crippen LogP contribution in [0.2, 0.25) is 5.02 Å². The molecule has 0 bridgehead atoms. The lowest BCUT2D eigenvalue weighted by atomic mass is 9.98. The lowest BCUT2D eigenvalue weighted by Gasteiger charge is -2.12. The number of fused-ring (bicyclic) bond motifs is 1. The Balaban J connectivity index is 1.38. The molecule has 0 fully saturated rings. The number of hydrogen-bond donors (Lipinski definition) is 2. The molecule has 1 aromatic heterocycles. The first-order chi connectivity index (χ1) is 17.2. The highest BCUT2D eigenvalue weighted by Gasteiger charge is 2.13. The molecule has 3 aromatic carbocycles. The van der Waals surface area contributed by atoms with Gasteiger partial charge in [0.15, 0.2) is 17.3 Å². The molecule has 0 saturated heterocycles. The van der Waals surface area contributed by atoms with Crippen LogP contribution in [0.4, 0.5) is 5.69 Å². The number of carbonyl (C=O) groups excluding carboxylic acids is 1. The summed E-state index contributed by atoms with van der Waals surface area (Å²) >= 11 is 11.5. The van der Waals surface area contributed by atoms with Crippen LogP contribution in [0.15, 0.2) is 59.0 Å². The molecular formula is C28H28ClN3O3S. The van der Waals surface area contributed by atoms with Crippen molar-refractivity contribution in [2.75, 3.05) is 11.9 Å². The third-order valence-electron chi connectivity index (χ3n) is 5.99. The van der Waals surface area contributed by atoms with Gasteiger partial charge in [-0.1, -0.05) is 37.6 Å². The molecule has 8 heteroatoms. The molecule has 0 aliphatic rings. The number of rotatable bonds is 7. The van der Waals surface area contributed by atoms with Crippen molar-refractivity contribution in [1.82, 2.24) is 10.3 Å². The number of anilines is 1. The monoisotopic (exact) mass is 521 g/mol. The predicted octanol–water partition coefficient (Wildman–Crippen LogP) is 7.17. The van der Waals surface area contributed by atoms with Crippen molar-refractivity contribution in [3.05, 3.63) is 76.3 Å².